The van der Waals surface area contributed by atoms with Crippen LogP contribution in [0.25, 0.3) is 0 Å². The number of pyridine rings is 1. The van der Waals surface area contributed by atoms with Gasteiger partial charge in [-0.2, -0.15) is 13.2 Å². The number of hydrogen-bond acceptors (Lipinski definition) is 5. The predicted octanol–water partition coefficient (Wildman–Crippen LogP) is 4.04. The van der Waals surface area contributed by atoms with Crippen LogP contribution in [0.15, 0.2) is 36.4 Å². The monoisotopic (exact) mass is 419 g/mol. The lowest BCUT2D eigenvalue weighted by molar-refractivity contribution is -0.137. The topological polar surface area (TPSA) is 57.4 Å². The second-order valence-electron chi connectivity index (χ2n) is 8.14. The number of alkyl halides is 3. The molecule has 162 valence electrons. The summed E-state index contributed by atoms with van der Waals surface area (Å²) in [5, 5.41) is 3.60. The van der Waals surface area contributed by atoms with E-state index in [4.69, 9.17) is 5.73 Å². The zero-order valence-corrected chi connectivity index (χ0v) is 17.0. The largest absolute Gasteiger partial charge is 0.416 e. The maximum Gasteiger partial charge on any atom is 0.416 e. The molecule has 1 aromatic carbocycles. The first-order valence-electron chi connectivity index (χ1n) is 10.6. The third kappa shape index (κ3) is 4.98. The number of benzene rings is 1. The molecule has 2 aliphatic rings. The molecule has 1 aromatic heterocycles. The van der Waals surface area contributed by atoms with Gasteiger partial charge in [-0.25, -0.2) is 4.98 Å². The van der Waals surface area contributed by atoms with Gasteiger partial charge in [0.15, 0.2) is 0 Å². The van der Waals surface area contributed by atoms with Crippen molar-refractivity contribution in [2.45, 2.75) is 44.4 Å². The molecule has 0 atom stereocenters. The lowest BCUT2D eigenvalue weighted by Gasteiger charge is -2.33. The van der Waals surface area contributed by atoms with Crippen LogP contribution < -0.4 is 20.9 Å². The van der Waals surface area contributed by atoms with Gasteiger partial charge in [-0.1, -0.05) is 12.1 Å². The molecule has 3 N–H and O–H groups in total. The third-order valence-corrected chi connectivity index (χ3v) is 5.95. The zero-order valence-electron chi connectivity index (χ0n) is 17.0. The van der Waals surface area contributed by atoms with Crippen molar-refractivity contribution >= 4 is 17.3 Å². The number of rotatable bonds is 5. The Morgan fingerprint density at radius 2 is 1.73 bits per heavy atom. The highest BCUT2D eigenvalue weighted by Crippen LogP contribution is 2.33. The molecule has 4 rings (SSSR count). The molecule has 8 heteroatoms. The third-order valence-electron chi connectivity index (χ3n) is 5.95. The number of aromatic nitrogens is 1. The summed E-state index contributed by atoms with van der Waals surface area (Å²) in [6.07, 6.45) is -0.205. The average Bonchev–Trinajstić information content (AvgIpc) is 3.27. The van der Waals surface area contributed by atoms with E-state index in [9.17, 15) is 13.2 Å². The van der Waals surface area contributed by atoms with Gasteiger partial charge in [0.25, 0.3) is 0 Å². The van der Waals surface area contributed by atoms with Crippen molar-refractivity contribution in [3.8, 4) is 0 Å². The Labute approximate surface area is 175 Å². The van der Waals surface area contributed by atoms with Crippen LogP contribution in [-0.2, 0) is 12.7 Å². The van der Waals surface area contributed by atoms with E-state index in [-0.39, 0.29) is 5.82 Å². The number of nitrogens with one attached hydrogen (secondary N) is 1. The number of nitrogen functional groups attached to an aromatic ring is 1. The Morgan fingerprint density at radius 3 is 2.43 bits per heavy atom. The van der Waals surface area contributed by atoms with Gasteiger partial charge in [0, 0.05) is 44.5 Å². The number of piperidine rings is 1. The van der Waals surface area contributed by atoms with Gasteiger partial charge in [0.2, 0.25) is 0 Å². The number of hydrogen-bond donors (Lipinski definition) is 2. The van der Waals surface area contributed by atoms with Gasteiger partial charge in [0.05, 0.1) is 5.56 Å². The summed E-state index contributed by atoms with van der Waals surface area (Å²) in [6.45, 7) is 4.35. The number of anilines is 3. The van der Waals surface area contributed by atoms with E-state index in [2.05, 4.69) is 39.5 Å². The number of nitrogens with two attached hydrogens (primary N) is 1. The van der Waals surface area contributed by atoms with Crippen molar-refractivity contribution in [1.82, 2.24) is 10.3 Å². The lowest BCUT2D eigenvalue weighted by atomic mass is 10.0. The van der Waals surface area contributed by atoms with Gasteiger partial charge < -0.3 is 20.9 Å². The number of nitrogens with zero attached hydrogens (tertiary/aromatic N) is 3. The lowest BCUT2D eigenvalue weighted by Crippen LogP contribution is -2.42. The molecule has 0 radical (unpaired) electrons. The highest BCUT2D eigenvalue weighted by Gasteiger charge is 2.32. The van der Waals surface area contributed by atoms with Gasteiger partial charge in [-0.05, 0) is 55.5 Å². The minimum Gasteiger partial charge on any atom is -0.384 e. The molecular weight excluding hydrogens is 391 g/mol. The minimum absolute atomic E-state index is 0.0991. The summed E-state index contributed by atoms with van der Waals surface area (Å²) in [5.41, 5.74) is 7.40. The number of halogens is 3. The molecule has 0 amide bonds. The first-order chi connectivity index (χ1) is 14.4. The molecular formula is C22H28F3N5. The fourth-order valence-electron chi connectivity index (χ4n) is 4.28. The predicted molar refractivity (Wildman–Crippen MR) is 114 cm³/mol. The van der Waals surface area contributed by atoms with Gasteiger partial charge in [0.1, 0.15) is 11.6 Å². The van der Waals surface area contributed by atoms with Crippen molar-refractivity contribution in [3.05, 3.63) is 47.5 Å². The fourth-order valence-corrected chi connectivity index (χ4v) is 4.28. The van der Waals surface area contributed by atoms with Gasteiger partial charge in [-0.3, -0.25) is 0 Å². The van der Waals surface area contributed by atoms with E-state index in [1.54, 1.807) is 0 Å². The Balaban J connectivity index is 1.31. The standard InChI is InChI=1S/C22H28F3N5/c23-22(24,25)17-13-20(26)28-21(14-17)30-10-6-18(7-11-30)27-15-16-4-3-5-19(12-16)29-8-1-2-9-29/h3-5,12-14,18,27H,1-2,6-11,15H2,(H2,26,28). The first-order valence-corrected chi connectivity index (χ1v) is 10.6. The van der Waals surface area contributed by atoms with Crippen molar-refractivity contribution in [3.63, 3.8) is 0 Å². The summed E-state index contributed by atoms with van der Waals surface area (Å²) < 4.78 is 39.2. The van der Waals surface area contributed by atoms with Crippen molar-refractivity contribution in [1.29, 1.82) is 0 Å². The van der Waals surface area contributed by atoms with Crippen LogP contribution in [0.4, 0.5) is 30.5 Å². The summed E-state index contributed by atoms with van der Waals surface area (Å²) >= 11 is 0. The van der Waals surface area contributed by atoms with Crippen LogP contribution in [0.1, 0.15) is 36.8 Å². The maximum atomic E-state index is 13.1. The van der Waals surface area contributed by atoms with Crippen LogP contribution in [0, 0.1) is 0 Å². The van der Waals surface area contributed by atoms with Gasteiger partial charge in [-0.15, -0.1) is 0 Å². The summed E-state index contributed by atoms with van der Waals surface area (Å²) in [7, 11) is 0. The Kier molecular flexibility index (Phi) is 6.04. The van der Waals surface area contributed by atoms with Crippen molar-refractivity contribution < 1.29 is 13.2 Å². The summed E-state index contributed by atoms with van der Waals surface area (Å²) in [6, 6.07) is 11.0. The minimum atomic E-state index is -4.42. The van der Waals surface area contributed by atoms with Crippen LogP contribution in [-0.4, -0.2) is 37.2 Å². The molecule has 2 aromatic rings. The van der Waals surface area contributed by atoms with Crippen LogP contribution >= 0.6 is 0 Å². The smallest absolute Gasteiger partial charge is 0.384 e. The molecule has 30 heavy (non-hydrogen) atoms. The molecule has 0 spiro atoms. The Bertz CT molecular complexity index is 856. The van der Waals surface area contributed by atoms with E-state index in [0.717, 1.165) is 44.6 Å². The zero-order chi connectivity index (χ0) is 21.1. The average molecular weight is 419 g/mol. The highest BCUT2D eigenvalue weighted by molar-refractivity contribution is 5.50. The molecule has 3 heterocycles. The van der Waals surface area contributed by atoms with Crippen molar-refractivity contribution in [2.75, 3.05) is 41.7 Å². The molecule has 2 aliphatic heterocycles. The normalized spacial score (nSPS) is 18.2. The quantitative estimate of drug-likeness (QED) is 0.766. The second kappa shape index (κ2) is 8.71. The first kappa shape index (κ1) is 20.8. The molecule has 2 fully saturated rings. The molecule has 2 saturated heterocycles. The van der Waals surface area contributed by atoms with E-state index < -0.39 is 11.7 Å². The van der Waals surface area contributed by atoms with Gasteiger partial charge >= 0.3 is 6.18 Å². The Morgan fingerprint density at radius 1 is 1.00 bits per heavy atom. The van der Waals surface area contributed by atoms with E-state index >= 15 is 0 Å². The van der Waals surface area contributed by atoms with E-state index in [1.807, 2.05) is 4.90 Å². The second-order valence-corrected chi connectivity index (χ2v) is 8.14. The molecule has 0 bridgehead atoms. The Hall–Kier alpha value is -2.48. The van der Waals surface area contributed by atoms with Crippen molar-refractivity contribution in [2.24, 2.45) is 0 Å². The van der Waals surface area contributed by atoms with Crippen LogP contribution in [0.3, 0.4) is 0 Å². The molecule has 0 saturated carbocycles. The summed E-state index contributed by atoms with van der Waals surface area (Å²) in [4.78, 5) is 8.43. The summed E-state index contributed by atoms with van der Waals surface area (Å²) in [5.74, 6) is 0.206. The maximum absolute atomic E-state index is 13.1. The van der Waals surface area contributed by atoms with E-state index in [1.165, 1.54) is 24.1 Å². The highest BCUT2D eigenvalue weighted by atomic mass is 19.4. The SMILES string of the molecule is Nc1cc(C(F)(F)F)cc(N2CCC(NCc3cccc(N4CCCC4)c3)CC2)n1. The molecule has 5 nitrogen and oxygen atoms in total. The van der Waals surface area contributed by atoms with Crippen LogP contribution in [0.2, 0.25) is 0 Å². The van der Waals surface area contributed by atoms with E-state index in [0.29, 0.717) is 24.9 Å². The molecule has 0 unspecified atom stereocenters. The fraction of sp³-hybridized carbons (Fsp3) is 0.500. The molecule has 0 aliphatic carbocycles. The van der Waals surface area contributed by atoms with Crippen LogP contribution in [0.5, 0.6) is 0 Å².